The van der Waals surface area contributed by atoms with Gasteiger partial charge in [0.05, 0.1) is 28.1 Å². The van der Waals surface area contributed by atoms with Gasteiger partial charge in [-0.15, -0.1) is 0 Å². The normalized spacial score (nSPS) is 14.0. The molecule has 2 aliphatic rings. The first-order valence-corrected chi connectivity index (χ1v) is 23.2. The molecular weight excluding hydrogens is 865 g/mol. The van der Waals surface area contributed by atoms with Gasteiger partial charge in [-0.1, -0.05) is 125 Å². The van der Waals surface area contributed by atoms with E-state index in [0.29, 0.717) is 39.2 Å². The van der Waals surface area contributed by atoms with Crippen molar-refractivity contribution >= 4 is 68.6 Å². The molecule has 0 fully saturated rings. The number of Topliss-reactive ketones (excluding diaryl/α,β-unsaturated/α-hetero) is 1. The van der Waals surface area contributed by atoms with E-state index in [-0.39, 0.29) is 28.7 Å². The molecule has 70 heavy (non-hydrogen) atoms. The van der Waals surface area contributed by atoms with Crippen LogP contribution in [0.5, 0.6) is 0 Å². The second-order valence-electron chi connectivity index (χ2n) is 17.7. The Balaban J connectivity index is 1.18. The molecule has 0 aromatic heterocycles. The number of fused-ring (bicyclic) bond motifs is 1. The fourth-order valence-corrected chi connectivity index (χ4v) is 9.00. The number of aliphatic hydroxyl groups excluding tert-OH is 1. The molecule has 0 bridgehead atoms. The number of aryl methyl sites for hydroxylation is 4. The summed E-state index contributed by atoms with van der Waals surface area (Å²) in [7, 11) is 0. The van der Waals surface area contributed by atoms with E-state index in [1.807, 2.05) is 131 Å². The maximum Gasteiger partial charge on any atom is 0.255 e. The maximum atomic E-state index is 15.2. The number of nitrogens with zero attached hydrogens (tertiary/aromatic N) is 2. The molecule has 0 aliphatic heterocycles. The van der Waals surface area contributed by atoms with Crippen LogP contribution in [0.1, 0.15) is 59.7 Å². The highest BCUT2D eigenvalue weighted by atomic mass is 16.3. The van der Waals surface area contributed by atoms with E-state index in [2.05, 4.69) is 68.6 Å². The first-order valence-electron chi connectivity index (χ1n) is 23.2. The van der Waals surface area contributed by atoms with Gasteiger partial charge in [-0.3, -0.25) is 14.4 Å². The third-order valence-corrected chi connectivity index (χ3v) is 12.7. The number of aliphatic hydroxyl groups is 1. The van der Waals surface area contributed by atoms with Gasteiger partial charge in [0.2, 0.25) is 22.9 Å². The topological polar surface area (TPSA) is 102 Å². The van der Waals surface area contributed by atoms with Gasteiger partial charge in [0, 0.05) is 69.7 Å². The number of amides is 2. The Morgan fingerprint density at radius 2 is 0.900 bits per heavy atom. The first-order chi connectivity index (χ1) is 34.0. The molecule has 0 atom stereocenters. The van der Waals surface area contributed by atoms with Crippen molar-refractivity contribution in [1.82, 2.24) is 9.89 Å². The van der Waals surface area contributed by atoms with Crippen molar-refractivity contribution in [3.8, 4) is 0 Å². The highest BCUT2D eigenvalue weighted by Gasteiger charge is 2.42. The smallest absolute Gasteiger partial charge is 0.255 e. The molecule has 3 N–H and O–H groups in total. The third-order valence-electron chi connectivity index (χ3n) is 12.7. The second-order valence-corrected chi connectivity index (χ2v) is 17.7. The fourth-order valence-electron chi connectivity index (χ4n) is 9.00. The zero-order chi connectivity index (χ0) is 48.5. The summed E-state index contributed by atoms with van der Waals surface area (Å²) in [5, 5.41) is 18.8. The number of carbonyl (C=O) groups is 3. The number of nitrogens with one attached hydrogen (secondary N) is 2. The molecule has 10 rings (SSSR count). The number of rotatable bonds is 10. The SMILES string of the molecule is Cc1ccc(N(c2ccc(C)cc2)c2ccc(C3=C(O)/C(=C4\C(NC(=O)c5ccccc5)=CC(=[N+](c5ccc(C)cc5)c5ccc(C)cc5)c5ccccc54)C3=O)c(NC(=O)c3ccccc3)c2)cc1. The third kappa shape index (κ3) is 8.66. The van der Waals surface area contributed by atoms with Crippen LogP contribution in [-0.2, 0) is 4.79 Å². The zero-order valence-electron chi connectivity index (χ0n) is 39.2. The van der Waals surface area contributed by atoms with Gasteiger partial charge in [0.1, 0.15) is 5.76 Å². The van der Waals surface area contributed by atoms with E-state index >= 15 is 4.79 Å². The predicted octanol–water partition coefficient (Wildman–Crippen LogP) is 13.6. The van der Waals surface area contributed by atoms with Crippen LogP contribution in [0.4, 0.5) is 34.1 Å². The van der Waals surface area contributed by atoms with Gasteiger partial charge in [0.15, 0.2) is 0 Å². The molecule has 8 nitrogen and oxygen atoms in total. The molecule has 0 heterocycles. The summed E-state index contributed by atoms with van der Waals surface area (Å²) in [6.45, 7) is 8.16. The Morgan fingerprint density at radius 1 is 0.457 bits per heavy atom. The van der Waals surface area contributed by atoms with E-state index in [0.717, 1.165) is 62.0 Å². The molecule has 8 heteroatoms. The maximum absolute atomic E-state index is 15.2. The van der Waals surface area contributed by atoms with Crippen LogP contribution in [0.15, 0.2) is 223 Å². The van der Waals surface area contributed by atoms with Crippen molar-refractivity contribution in [3.63, 3.8) is 0 Å². The average Bonchev–Trinajstić information content (AvgIpc) is 3.38. The van der Waals surface area contributed by atoms with Crippen molar-refractivity contribution in [2.45, 2.75) is 27.7 Å². The predicted molar refractivity (Wildman–Crippen MR) is 283 cm³/mol. The van der Waals surface area contributed by atoms with Crippen LogP contribution in [0.25, 0.3) is 11.1 Å². The molecule has 0 saturated heterocycles. The van der Waals surface area contributed by atoms with Gasteiger partial charge in [-0.2, -0.15) is 4.58 Å². The highest BCUT2D eigenvalue weighted by molar-refractivity contribution is 6.43. The lowest BCUT2D eigenvalue weighted by molar-refractivity contribution is -0.111. The molecular formula is C62H49N4O4+. The largest absolute Gasteiger partial charge is 0.506 e. The number of anilines is 4. The molecule has 0 saturated carbocycles. The number of carbonyl (C=O) groups excluding carboxylic acids is 3. The lowest BCUT2D eigenvalue weighted by atomic mass is 9.75. The van der Waals surface area contributed by atoms with Crippen molar-refractivity contribution in [2.24, 2.45) is 0 Å². The molecule has 340 valence electrons. The molecule has 0 radical (unpaired) electrons. The summed E-state index contributed by atoms with van der Waals surface area (Å²) < 4.78 is 2.14. The van der Waals surface area contributed by atoms with E-state index in [1.54, 1.807) is 54.6 Å². The average molecular weight is 914 g/mol. The summed E-state index contributed by atoms with van der Waals surface area (Å²) in [4.78, 5) is 45.5. The summed E-state index contributed by atoms with van der Waals surface area (Å²) in [6.07, 6.45) is 1.88. The lowest BCUT2D eigenvalue weighted by Gasteiger charge is -2.31. The number of hydrogen-bond acceptors (Lipinski definition) is 5. The van der Waals surface area contributed by atoms with Crippen molar-refractivity contribution in [3.05, 3.63) is 273 Å². The Kier molecular flexibility index (Phi) is 12.0. The van der Waals surface area contributed by atoms with Crippen molar-refractivity contribution in [1.29, 1.82) is 0 Å². The van der Waals surface area contributed by atoms with E-state index in [1.165, 1.54) is 0 Å². The van der Waals surface area contributed by atoms with E-state index < -0.39 is 5.78 Å². The van der Waals surface area contributed by atoms with Gasteiger partial charge in [-0.25, -0.2) is 0 Å². The van der Waals surface area contributed by atoms with Crippen LogP contribution in [-0.4, -0.2) is 28.4 Å². The summed E-state index contributed by atoms with van der Waals surface area (Å²) >= 11 is 0. The molecule has 0 spiro atoms. The Morgan fingerprint density at radius 3 is 1.40 bits per heavy atom. The quantitative estimate of drug-likeness (QED) is 0.0937. The standard InChI is InChI=1S/C62H48N4O4/c1-39-19-27-45(28-20-39)65(46-29-21-40(2)22-30-46)49-35-36-52(53(37-49)63-61(69)43-13-7-5-8-14-43)57-59(67)58(60(57)68)56-51-18-12-11-17-50(51)55(38-54(56)64-62(70)44-15-9-6-10-16-44)66(47-31-23-41(3)24-32-47)48-33-25-42(4)26-34-48/h5-38H,1-4H3,(H2,63,64,67,68,69,70)/p+1. The van der Waals surface area contributed by atoms with Crippen LogP contribution in [0.3, 0.4) is 0 Å². The summed E-state index contributed by atoms with van der Waals surface area (Å²) in [6, 6.07) is 63.8. The van der Waals surface area contributed by atoms with Gasteiger partial charge in [0.25, 0.3) is 11.8 Å². The van der Waals surface area contributed by atoms with Gasteiger partial charge in [-0.05, 0) is 106 Å². The minimum absolute atomic E-state index is 0.0385. The van der Waals surface area contributed by atoms with Crippen LogP contribution < -0.4 is 20.1 Å². The van der Waals surface area contributed by atoms with Gasteiger partial charge >= 0.3 is 0 Å². The van der Waals surface area contributed by atoms with Crippen LogP contribution >= 0.6 is 0 Å². The fraction of sp³-hybridized carbons (Fsp3) is 0.0645. The Bertz CT molecular complexity index is 3390. The molecule has 0 unspecified atom stereocenters. The molecule has 8 aromatic carbocycles. The van der Waals surface area contributed by atoms with Crippen molar-refractivity contribution in [2.75, 3.05) is 10.2 Å². The first kappa shape index (κ1) is 44.7. The highest BCUT2D eigenvalue weighted by Crippen LogP contribution is 2.48. The molecule has 2 aliphatic carbocycles. The Hall–Kier alpha value is -9.14. The van der Waals surface area contributed by atoms with Crippen molar-refractivity contribution < 1.29 is 19.5 Å². The minimum atomic E-state index is -0.448. The number of allylic oxidation sites excluding steroid dienone is 4. The second kappa shape index (κ2) is 18.9. The van der Waals surface area contributed by atoms with Crippen LogP contribution in [0.2, 0.25) is 0 Å². The van der Waals surface area contributed by atoms with Crippen LogP contribution in [0, 0.1) is 27.7 Å². The zero-order valence-corrected chi connectivity index (χ0v) is 39.2. The number of hydrogen-bond donors (Lipinski definition) is 3. The molecule has 2 amide bonds. The molecule has 8 aromatic rings. The summed E-state index contributed by atoms with van der Waals surface area (Å²) in [5.74, 6) is -1.48. The van der Waals surface area contributed by atoms with E-state index in [4.69, 9.17) is 0 Å². The lowest BCUT2D eigenvalue weighted by Crippen LogP contribution is -2.32. The number of benzene rings is 8. The summed E-state index contributed by atoms with van der Waals surface area (Å²) in [5.41, 5.74) is 13.2. The minimum Gasteiger partial charge on any atom is -0.506 e. The Labute approximate surface area is 407 Å². The monoisotopic (exact) mass is 913 g/mol. The van der Waals surface area contributed by atoms with E-state index in [9.17, 15) is 14.7 Å². The van der Waals surface area contributed by atoms with Gasteiger partial charge < -0.3 is 20.6 Å². The number of ketones is 1.